The Morgan fingerprint density at radius 1 is 0.808 bits per heavy atom. The van der Waals surface area contributed by atoms with Gasteiger partial charge in [-0.15, -0.1) is 0 Å². The van der Waals surface area contributed by atoms with Gasteiger partial charge in [0.2, 0.25) is 0 Å². The third-order valence-electron chi connectivity index (χ3n) is 7.59. The number of unbranched alkanes of at least 4 members (excludes halogenated alkanes) is 2. The Kier molecular flexibility index (Phi) is 11.6. The van der Waals surface area contributed by atoms with Crippen LogP contribution in [0.3, 0.4) is 0 Å². The number of hydrogen-bond acceptors (Lipinski definition) is 0. The van der Waals surface area contributed by atoms with Crippen molar-refractivity contribution in [3.8, 4) is 0 Å². The number of hydrogen-bond donors (Lipinski definition) is 0. The van der Waals surface area contributed by atoms with Gasteiger partial charge in [0.15, 0.2) is 0 Å². The highest BCUT2D eigenvalue weighted by molar-refractivity contribution is 6.15. The third kappa shape index (κ3) is 7.98. The van der Waals surface area contributed by atoms with Gasteiger partial charge in [-0.3, -0.25) is 0 Å². The third-order valence-corrected chi connectivity index (χ3v) is 7.59. The molecule has 1 fully saturated rings. The van der Waals surface area contributed by atoms with Gasteiger partial charge < -0.3 is 0 Å². The van der Waals surface area contributed by atoms with Gasteiger partial charge in [0.1, 0.15) is 0 Å². The van der Waals surface area contributed by atoms with E-state index >= 15 is 0 Å². The molecule has 1 aliphatic rings. The van der Waals surface area contributed by atoms with Gasteiger partial charge >= 0.3 is 0 Å². The first-order chi connectivity index (χ1) is 12.3. The maximum Gasteiger partial charge on any atom is 0.0750 e. The lowest BCUT2D eigenvalue weighted by Crippen LogP contribution is -2.39. The van der Waals surface area contributed by atoms with Crippen molar-refractivity contribution in [2.45, 2.75) is 143 Å². The van der Waals surface area contributed by atoms with Crippen molar-refractivity contribution in [3.05, 3.63) is 0 Å². The van der Waals surface area contributed by atoms with E-state index in [1.807, 2.05) is 0 Å². The van der Waals surface area contributed by atoms with Crippen LogP contribution in [0.2, 0.25) is 5.31 Å². The van der Waals surface area contributed by atoms with Crippen LogP contribution in [0.4, 0.5) is 0 Å². The molecule has 0 aromatic heterocycles. The SMILES string of the molecule is [B]C(C)(CCCC(C)C)C(C)(CCCCC)C1CCCCCCCCC1. The largest absolute Gasteiger partial charge is 0.0750 e. The lowest BCUT2D eigenvalue weighted by atomic mass is 9.46. The zero-order valence-electron chi connectivity index (χ0n) is 19.0. The molecule has 26 heavy (non-hydrogen) atoms. The van der Waals surface area contributed by atoms with Gasteiger partial charge in [0.05, 0.1) is 7.85 Å². The average Bonchev–Trinajstić information content (AvgIpc) is 2.59. The summed E-state index contributed by atoms with van der Waals surface area (Å²) in [6.07, 6.45) is 22.1. The second-order valence-corrected chi connectivity index (χ2v) is 10.3. The van der Waals surface area contributed by atoms with Crippen molar-refractivity contribution in [1.29, 1.82) is 0 Å². The van der Waals surface area contributed by atoms with Gasteiger partial charge in [0.25, 0.3) is 0 Å². The lowest BCUT2D eigenvalue weighted by molar-refractivity contribution is 0.0725. The molecule has 2 radical (unpaired) electrons. The van der Waals surface area contributed by atoms with Crippen molar-refractivity contribution in [1.82, 2.24) is 0 Å². The Labute approximate surface area is 168 Å². The van der Waals surface area contributed by atoms with Crippen LogP contribution in [0, 0.1) is 17.3 Å². The smallest absolute Gasteiger partial charge is 0.0671 e. The molecule has 0 saturated heterocycles. The van der Waals surface area contributed by atoms with Crippen molar-refractivity contribution < 1.29 is 0 Å². The van der Waals surface area contributed by atoms with Crippen LogP contribution < -0.4 is 0 Å². The Balaban J connectivity index is 2.88. The van der Waals surface area contributed by atoms with Gasteiger partial charge in [0, 0.05) is 0 Å². The summed E-state index contributed by atoms with van der Waals surface area (Å²) in [7, 11) is 7.15. The molecule has 1 heteroatoms. The molecule has 0 N–H and O–H groups in total. The zero-order chi connectivity index (χ0) is 19.5. The minimum atomic E-state index is -0.0234. The normalized spacial score (nSPS) is 22.7. The molecule has 1 aliphatic carbocycles. The topological polar surface area (TPSA) is 0 Å². The second-order valence-electron chi connectivity index (χ2n) is 10.3. The van der Waals surface area contributed by atoms with Crippen molar-refractivity contribution in [3.63, 3.8) is 0 Å². The Morgan fingerprint density at radius 2 is 1.35 bits per heavy atom. The molecular formula is C25H49B. The quantitative estimate of drug-likeness (QED) is 0.269. The van der Waals surface area contributed by atoms with E-state index in [1.54, 1.807) is 0 Å². The first kappa shape index (κ1) is 24.1. The van der Waals surface area contributed by atoms with E-state index in [4.69, 9.17) is 7.85 Å². The van der Waals surface area contributed by atoms with E-state index in [0.29, 0.717) is 5.41 Å². The molecule has 2 unspecified atom stereocenters. The van der Waals surface area contributed by atoms with E-state index < -0.39 is 0 Å². The minimum absolute atomic E-state index is 0.0234. The molecule has 0 aromatic carbocycles. The molecule has 0 nitrogen and oxygen atoms in total. The standard InChI is InChI=1S/C25H49B/c1-6-7-15-20-24(4,25(5,26)21-16-17-22(2)3)23-18-13-11-9-8-10-12-14-19-23/h22-23H,6-21H2,1-5H3. The van der Waals surface area contributed by atoms with Gasteiger partial charge in [-0.1, -0.05) is 123 Å². The molecule has 0 aromatic rings. The summed E-state index contributed by atoms with van der Waals surface area (Å²) in [4.78, 5) is 0. The lowest BCUT2D eigenvalue weighted by Gasteiger charge is -2.51. The predicted molar refractivity (Wildman–Crippen MR) is 120 cm³/mol. The maximum atomic E-state index is 7.15. The van der Waals surface area contributed by atoms with E-state index in [2.05, 4.69) is 34.6 Å². The molecule has 0 amide bonds. The Morgan fingerprint density at radius 3 is 1.85 bits per heavy atom. The summed E-state index contributed by atoms with van der Waals surface area (Å²) >= 11 is 0. The van der Waals surface area contributed by atoms with Gasteiger partial charge in [-0.05, 0) is 36.5 Å². The number of rotatable bonds is 10. The highest BCUT2D eigenvalue weighted by atomic mass is 14.5. The van der Waals surface area contributed by atoms with Crippen molar-refractivity contribution in [2.24, 2.45) is 17.3 Å². The van der Waals surface area contributed by atoms with Crippen molar-refractivity contribution >= 4 is 7.85 Å². The Bertz CT molecular complexity index is 336. The molecule has 0 spiro atoms. The average molecular weight is 360 g/mol. The van der Waals surface area contributed by atoms with E-state index in [9.17, 15) is 0 Å². The van der Waals surface area contributed by atoms with Crippen LogP contribution in [0.5, 0.6) is 0 Å². The van der Waals surface area contributed by atoms with Gasteiger partial charge in [-0.2, -0.15) is 0 Å². The molecule has 0 heterocycles. The van der Waals surface area contributed by atoms with E-state index in [0.717, 1.165) is 11.8 Å². The monoisotopic (exact) mass is 360 g/mol. The fourth-order valence-electron chi connectivity index (χ4n) is 5.31. The summed E-state index contributed by atoms with van der Waals surface area (Å²) in [5.41, 5.74) is 0.304. The minimum Gasteiger partial charge on any atom is -0.0671 e. The molecule has 152 valence electrons. The van der Waals surface area contributed by atoms with E-state index in [-0.39, 0.29) is 5.31 Å². The predicted octanol–water partition coefficient (Wildman–Crippen LogP) is 8.89. The summed E-state index contributed by atoms with van der Waals surface area (Å²) in [5.74, 6) is 1.62. The van der Waals surface area contributed by atoms with Crippen LogP contribution in [-0.2, 0) is 0 Å². The molecule has 0 bridgehead atoms. The molecule has 1 saturated carbocycles. The summed E-state index contributed by atoms with van der Waals surface area (Å²) in [6, 6.07) is 0. The molecule has 1 rings (SSSR count). The highest BCUT2D eigenvalue weighted by Gasteiger charge is 2.44. The van der Waals surface area contributed by atoms with Crippen LogP contribution in [0.1, 0.15) is 137 Å². The van der Waals surface area contributed by atoms with Gasteiger partial charge in [-0.25, -0.2) is 0 Å². The Hall–Kier alpha value is 0.0649. The summed E-state index contributed by atoms with van der Waals surface area (Å²) < 4.78 is 0. The molecule has 2 atom stereocenters. The second kappa shape index (κ2) is 12.5. The summed E-state index contributed by atoms with van der Waals surface area (Å²) in [6.45, 7) is 12.0. The molecular weight excluding hydrogens is 311 g/mol. The fraction of sp³-hybridized carbons (Fsp3) is 1.00. The zero-order valence-corrected chi connectivity index (χ0v) is 19.0. The van der Waals surface area contributed by atoms with Crippen LogP contribution in [-0.4, -0.2) is 7.85 Å². The first-order valence-corrected chi connectivity index (χ1v) is 12.1. The van der Waals surface area contributed by atoms with E-state index in [1.165, 1.54) is 103 Å². The maximum absolute atomic E-state index is 7.15. The summed E-state index contributed by atoms with van der Waals surface area (Å²) in [5, 5.41) is -0.0234. The molecule has 0 aliphatic heterocycles. The van der Waals surface area contributed by atoms with Crippen molar-refractivity contribution in [2.75, 3.05) is 0 Å². The highest BCUT2D eigenvalue weighted by Crippen LogP contribution is 2.57. The van der Waals surface area contributed by atoms with Crippen LogP contribution >= 0.6 is 0 Å². The van der Waals surface area contributed by atoms with Crippen LogP contribution in [0.15, 0.2) is 0 Å². The first-order valence-electron chi connectivity index (χ1n) is 12.1. The van der Waals surface area contributed by atoms with Crippen LogP contribution in [0.25, 0.3) is 0 Å². The fourth-order valence-corrected chi connectivity index (χ4v) is 5.31.